The van der Waals surface area contributed by atoms with Gasteiger partial charge in [0.25, 0.3) is 0 Å². The number of hydrogen-bond acceptors (Lipinski definition) is 6. The molecule has 6 nitrogen and oxygen atoms in total. The minimum Gasteiger partial charge on any atom is -0.493 e. The minimum atomic E-state index is -0.414. The van der Waals surface area contributed by atoms with Gasteiger partial charge in [-0.2, -0.15) is 5.26 Å². The first-order valence-electron chi connectivity index (χ1n) is 8.03. The Morgan fingerprint density at radius 1 is 1.15 bits per heavy atom. The van der Waals surface area contributed by atoms with Crippen molar-refractivity contribution in [3.8, 4) is 17.6 Å². The average Bonchev–Trinajstić information content (AvgIpc) is 3.15. The van der Waals surface area contributed by atoms with E-state index in [1.54, 1.807) is 18.2 Å². The summed E-state index contributed by atoms with van der Waals surface area (Å²) in [6, 6.07) is 9.93. The molecule has 2 aromatic carbocycles. The topological polar surface area (TPSA) is 80.3 Å². The molecule has 0 amide bonds. The molecule has 1 N–H and O–H groups in total. The maximum Gasteiger partial charge on any atom is 0.162 e. The van der Waals surface area contributed by atoms with Gasteiger partial charge in [-0.3, -0.25) is 4.98 Å². The summed E-state index contributed by atoms with van der Waals surface area (Å²) in [5, 5.41) is 13.9. The quantitative estimate of drug-likeness (QED) is 0.563. The number of pyridine rings is 1. The van der Waals surface area contributed by atoms with Crippen LogP contribution in [0.3, 0.4) is 0 Å². The van der Waals surface area contributed by atoms with Gasteiger partial charge < -0.3 is 19.2 Å². The van der Waals surface area contributed by atoms with Crippen LogP contribution in [-0.4, -0.2) is 19.2 Å². The number of methoxy groups -OCH3 is 2. The predicted octanol–water partition coefficient (Wildman–Crippen LogP) is 4.75. The Labute approximate surface area is 153 Å². The van der Waals surface area contributed by atoms with Gasteiger partial charge in [-0.15, -0.1) is 0 Å². The Morgan fingerprint density at radius 3 is 2.67 bits per heavy atom. The van der Waals surface area contributed by atoms with Gasteiger partial charge in [0.05, 0.1) is 42.9 Å². The van der Waals surface area contributed by atoms with E-state index < -0.39 is 5.82 Å². The number of fused-ring (bicyclic) bond motifs is 2. The highest BCUT2D eigenvalue weighted by Gasteiger charge is 2.16. The fourth-order valence-electron chi connectivity index (χ4n) is 3.01. The molecular formula is C20H14FN3O3. The third-order valence-corrected chi connectivity index (χ3v) is 4.27. The summed E-state index contributed by atoms with van der Waals surface area (Å²) in [5.74, 6) is 0.599. The van der Waals surface area contributed by atoms with Crippen molar-refractivity contribution < 1.29 is 18.3 Å². The fourth-order valence-corrected chi connectivity index (χ4v) is 3.01. The number of nitriles is 1. The Morgan fingerprint density at radius 2 is 1.93 bits per heavy atom. The summed E-state index contributed by atoms with van der Waals surface area (Å²) in [5.41, 5.74) is 2.28. The first-order chi connectivity index (χ1) is 13.1. The van der Waals surface area contributed by atoms with E-state index >= 15 is 0 Å². The number of furan rings is 1. The third-order valence-electron chi connectivity index (χ3n) is 4.27. The molecule has 0 aliphatic carbocycles. The van der Waals surface area contributed by atoms with Crippen molar-refractivity contribution in [2.24, 2.45) is 0 Å². The van der Waals surface area contributed by atoms with E-state index in [9.17, 15) is 9.65 Å². The van der Waals surface area contributed by atoms with E-state index in [1.165, 1.54) is 38.8 Å². The number of benzene rings is 2. The summed E-state index contributed by atoms with van der Waals surface area (Å²) in [4.78, 5) is 4.31. The number of halogens is 1. The van der Waals surface area contributed by atoms with E-state index in [4.69, 9.17) is 13.9 Å². The van der Waals surface area contributed by atoms with Crippen molar-refractivity contribution in [1.82, 2.24) is 4.98 Å². The summed E-state index contributed by atoms with van der Waals surface area (Å²) in [6.07, 6.45) is 2.94. The highest BCUT2D eigenvalue weighted by molar-refractivity contribution is 6.00. The first-order valence-corrected chi connectivity index (χ1v) is 8.03. The van der Waals surface area contributed by atoms with Crippen LogP contribution in [0.1, 0.15) is 5.56 Å². The molecule has 0 spiro atoms. The smallest absolute Gasteiger partial charge is 0.162 e. The molecule has 27 heavy (non-hydrogen) atoms. The fraction of sp³-hybridized carbons (Fsp3) is 0.100. The van der Waals surface area contributed by atoms with Crippen molar-refractivity contribution in [3.05, 3.63) is 54.2 Å². The second-order valence-electron chi connectivity index (χ2n) is 5.80. The minimum absolute atomic E-state index is 0.304. The van der Waals surface area contributed by atoms with E-state index in [2.05, 4.69) is 16.4 Å². The van der Waals surface area contributed by atoms with Gasteiger partial charge in [0.2, 0.25) is 0 Å². The number of anilines is 2. The second-order valence-corrected chi connectivity index (χ2v) is 5.80. The van der Waals surface area contributed by atoms with E-state index in [0.717, 1.165) is 0 Å². The zero-order valence-electron chi connectivity index (χ0n) is 14.5. The lowest BCUT2D eigenvalue weighted by molar-refractivity contribution is 0.356. The molecule has 0 unspecified atom stereocenters. The molecule has 0 saturated heterocycles. The monoisotopic (exact) mass is 363 g/mol. The first kappa shape index (κ1) is 16.7. The Balaban J connectivity index is 1.96. The standard InChI is InChI=1S/C20H14FN3O3/c1-25-17-7-14-15(8-18(17)26-2)23-10-12(9-22)19(14)24-16-6-13(21)5-11-3-4-27-20(11)16/h3-8,10H,1-2H3,(H,23,24). The van der Waals surface area contributed by atoms with Crippen LogP contribution >= 0.6 is 0 Å². The molecule has 0 fully saturated rings. The van der Waals surface area contributed by atoms with Crippen LogP contribution in [0.5, 0.6) is 11.5 Å². The van der Waals surface area contributed by atoms with Crippen molar-refractivity contribution in [2.45, 2.75) is 0 Å². The Bertz CT molecular complexity index is 1210. The maximum absolute atomic E-state index is 14.0. The second kappa shape index (κ2) is 6.50. The Kier molecular flexibility index (Phi) is 4.01. The largest absolute Gasteiger partial charge is 0.493 e. The number of rotatable bonds is 4. The van der Waals surface area contributed by atoms with Crippen LogP contribution in [0, 0.1) is 17.1 Å². The molecule has 134 valence electrons. The van der Waals surface area contributed by atoms with E-state index in [1.807, 2.05) is 0 Å². The van der Waals surface area contributed by atoms with Gasteiger partial charge in [-0.05, 0) is 18.2 Å². The molecule has 2 heterocycles. The van der Waals surface area contributed by atoms with E-state index in [0.29, 0.717) is 50.3 Å². The molecule has 0 atom stereocenters. The summed E-state index contributed by atoms with van der Waals surface area (Å²) >= 11 is 0. The third kappa shape index (κ3) is 2.77. The molecule has 4 aromatic rings. The Hall–Kier alpha value is -3.79. The van der Waals surface area contributed by atoms with Crippen molar-refractivity contribution in [1.29, 1.82) is 5.26 Å². The zero-order chi connectivity index (χ0) is 19.0. The average molecular weight is 363 g/mol. The summed E-state index contributed by atoms with van der Waals surface area (Å²) in [7, 11) is 3.06. The predicted molar refractivity (Wildman–Crippen MR) is 99.0 cm³/mol. The normalized spacial score (nSPS) is 10.7. The molecule has 0 aliphatic heterocycles. The lowest BCUT2D eigenvalue weighted by atomic mass is 10.1. The molecule has 7 heteroatoms. The molecule has 0 radical (unpaired) electrons. The highest BCUT2D eigenvalue weighted by atomic mass is 19.1. The number of nitrogens with zero attached hydrogens (tertiary/aromatic N) is 2. The van der Waals surface area contributed by atoms with Gasteiger partial charge in [0.15, 0.2) is 17.1 Å². The van der Waals surface area contributed by atoms with Crippen LogP contribution < -0.4 is 14.8 Å². The van der Waals surface area contributed by atoms with Crippen LogP contribution in [0.2, 0.25) is 0 Å². The highest BCUT2D eigenvalue weighted by Crippen LogP contribution is 2.38. The van der Waals surface area contributed by atoms with Crippen molar-refractivity contribution >= 4 is 33.2 Å². The molecule has 0 bridgehead atoms. The molecule has 0 saturated carbocycles. The van der Waals surface area contributed by atoms with Crippen LogP contribution in [0.25, 0.3) is 21.9 Å². The van der Waals surface area contributed by atoms with Gasteiger partial charge in [0.1, 0.15) is 11.9 Å². The molecule has 2 aromatic heterocycles. The summed E-state index contributed by atoms with van der Waals surface area (Å²) < 4.78 is 30.1. The maximum atomic E-state index is 14.0. The number of hydrogen-bond donors (Lipinski definition) is 1. The molecular weight excluding hydrogens is 349 g/mol. The SMILES string of the molecule is COc1cc2ncc(C#N)c(Nc3cc(F)cc4ccoc34)c2cc1OC. The lowest BCUT2D eigenvalue weighted by Gasteiger charge is -2.14. The van der Waals surface area contributed by atoms with Gasteiger partial charge >= 0.3 is 0 Å². The summed E-state index contributed by atoms with van der Waals surface area (Å²) in [6.45, 7) is 0. The van der Waals surface area contributed by atoms with Gasteiger partial charge in [-0.1, -0.05) is 0 Å². The van der Waals surface area contributed by atoms with Gasteiger partial charge in [-0.25, -0.2) is 4.39 Å². The number of ether oxygens (including phenoxy) is 2. The molecule has 4 rings (SSSR count). The zero-order valence-corrected chi connectivity index (χ0v) is 14.5. The number of aromatic nitrogens is 1. The lowest BCUT2D eigenvalue weighted by Crippen LogP contribution is -1.99. The van der Waals surface area contributed by atoms with Crippen LogP contribution in [0.4, 0.5) is 15.8 Å². The van der Waals surface area contributed by atoms with E-state index in [-0.39, 0.29) is 0 Å². The van der Waals surface area contributed by atoms with Gasteiger partial charge in [0, 0.05) is 29.1 Å². The number of nitrogens with one attached hydrogen (secondary N) is 1. The van der Waals surface area contributed by atoms with Crippen molar-refractivity contribution in [2.75, 3.05) is 19.5 Å². The van der Waals surface area contributed by atoms with Crippen molar-refractivity contribution in [3.63, 3.8) is 0 Å². The van der Waals surface area contributed by atoms with Crippen LogP contribution in [-0.2, 0) is 0 Å². The van der Waals surface area contributed by atoms with Crippen LogP contribution in [0.15, 0.2) is 47.2 Å². The molecule has 0 aliphatic rings.